The highest BCUT2D eigenvalue weighted by molar-refractivity contribution is 6.35. The van der Waals surface area contributed by atoms with E-state index in [0.717, 1.165) is 33.8 Å². The van der Waals surface area contributed by atoms with Crippen molar-refractivity contribution in [2.45, 2.75) is 78.0 Å². The highest BCUT2D eigenvalue weighted by atomic mass is 35.5. The van der Waals surface area contributed by atoms with Crippen LogP contribution in [-0.4, -0.2) is 61.0 Å². The van der Waals surface area contributed by atoms with Crippen LogP contribution in [0.3, 0.4) is 0 Å². The van der Waals surface area contributed by atoms with Crippen molar-refractivity contribution in [3.05, 3.63) is 94.2 Å². The summed E-state index contributed by atoms with van der Waals surface area (Å²) in [5, 5.41) is 18.5. The van der Waals surface area contributed by atoms with Crippen LogP contribution in [0.5, 0.6) is 5.75 Å². The summed E-state index contributed by atoms with van der Waals surface area (Å²) in [6.07, 6.45) is 6.25. The maximum absolute atomic E-state index is 13.9. The Hall–Kier alpha value is -4.54. The lowest BCUT2D eigenvalue weighted by Crippen LogP contribution is -2.36. The van der Waals surface area contributed by atoms with Gasteiger partial charge in [0.15, 0.2) is 0 Å². The number of aryl methyl sites for hydroxylation is 2. The Bertz CT molecular complexity index is 2200. The third-order valence-electron chi connectivity index (χ3n) is 9.63. The molecule has 3 heterocycles. The first-order valence-corrected chi connectivity index (χ1v) is 18.9. The first-order chi connectivity index (χ1) is 25.3. The molecule has 9 nitrogen and oxygen atoms in total. The van der Waals surface area contributed by atoms with E-state index in [4.69, 9.17) is 37.8 Å². The lowest BCUT2D eigenvalue weighted by Gasteiger charge is -2.28. The number of hydrogen-bond acceptors (Lipinski definition) is 5. The van der Waals surface area contributed by atoms with Crippen LogP contribution < -0.4 is 4.74 Å². The number of rotatable bonds is 12. The summed E-state index contributed by atoms with van der Waals surface area (Å²) < 4.78 is 29.5. The van der Waals surface area contributed by atoms with Gasteiger partial charge < -0.3 is 19.1 Å². The molecule has 2 aromatic heterocycles. The number of likely N-dealkylation sites (tertiary alicyclic amines) is 1. The summed E-state index contributed by atoms with van der Waals surface area (Å²) in [4.78, 5) is 28.4. The summed E-state index contributed by atoms with van der Waals surface area (Å²) in [5.74, 6) is -0.480. The van der Waals surface area contributed by atoms with Gasteiger partial charge in [-0.05, 0) is 94.2 Å². The summed E-state index contributed by atoms with van der Waals surface area (Å²) in [5.41, 5.74) is 3.91. The maximum atomic E-state index is 13.9. The SMILES string of the molecule is CCc1c(-c2c(Cl)ccc3c(CCCOc4cccc5cc(F)ccc45)c(C(=O)O)n(CC=CCCl)c23)c(C2CCCN2C(=O)OC(C)(C)C)nn1C. The molecule has 1 aliphatic heterocycles. The van der Waals surface area contributed by atoms with E-state index < -0.39 is 17.7 Å². The third kappa shape index (κ3) is 7.76. The first-order valence-electron chi connectivity index (χ1n) is 18.0. The molecule has 53 heavy (non-hydrogen) atoms. The van der Waals surface area contributed by atoms with Crippen molar-refractivity contribution in [2.24, 2.45) is 7.05 Å². The Morgan fingerprint density at radius 2 is 1.87 bits per heavy atom. The van der Waals surface area contributed by atoms with Crippen LogP contribution in [-0.2, 0) is 31.2 Å². The molecule has 0 aliphatic carbocycles. The fraction of sp³-hybridized carbons (Fsp3) is 0.390. The van der Waals surface area contributed by atoms with Gasteiger partial charge in [0.25, 0.3) is 0 Å². The fourth-order valence-corrected chi connectivity index (χ4v) is 7.89. The second-order valence-electron chi connectivity index (χ2n) is 14.3. The summed E-state index contributed by atoms with van der Waals surface area (Å²) >= 11 is 13.2. The van der Waals surface area contributed by atoms with E-state index >= 15 is 0 Å². The number of benzene rings is 3. The van der Waals surface area contributed by atoms with Gasteiger partial charge in [0, 0.05) is 53.6 Å². The average molecular weight is 764 g/mol. The van der Waals surface area contributed by atoms with E-state index in [9.17, 15) is 19.1 Å². The van der Waals surface area contributed by atoms with Gasteiger partial charge in [0.2, 0.25) is 0 Å². The first kappa shape index (κ1) is 38.2. The molecule has 0 saturated carbocycles. The van der Waals surface area contributed by atoms with Gasteiger partial charge in [-0.3, -0.25) is 9.58 Å². The van der Waals surface area contributed by atoms with Crippen LogP contribution >= 0.6 is 23.2 Å². The number of hydrogen-bond donors (Lipinski definition) is 1. The van der Waals surface area contributed by atoms with Gasteiger partial charge >= 0.3 is 12.1 Å². The number of carboxylic acids is 1. The largest absolute Gasteiger partial charge is 0.493 e. The summed E-state index contributed by atoms with van der Waals surface area (Å²) in [6.45, 7) is 8.66. The van der Waals surface area contributed by atoms with E-state index in [2.05, 4.69) is 0 Å². The molecule has 0 bridgehead atoms. The minimum Gasteiger partial charge on any atom is -0.493 e. The Balaban J connectivity index is 1.46. The minimum atomic E-state index is -1.07. The molecule has 1 unspecified atom stereocenters. The highest BCUT2D eigenvalue weighted by Gasteiger charge is 2.38. The number of aromatic nitrogens is 3. The maximum Gasteiger partial charge on any atom is 0.410 e. The third-order valence-corrected chi connectivity index (χ3v) is 10.1. The molecule has 1 atom stereocenters. The summed E-state index contributed by atoms with van der Waals surface area (Å²) in [7, 11) is 1.88. The van der Waals surface area contributed by atoms with Crippen molar-refractivity contribution < 1.29 is 28.6 Å². The smallest absolute Gasteiger partial charge is 0.410 e. The van der Waals surface area contributed by atoms with E-state index in [0.29, 0.717) is 71.9 Å². The zero-order chi connectivity index (χ0) is 38.0. The van der Waals surface area contributed by atoms with Crippen molar-refractivity contribution in [1.82, 2.24) is 19.2 Å². The van der Waals surface area contributed by atoms with Crippen LogP contribution in [0.25, 0.3) is 32.8 Å². The van der Waals surface area contributed by atoms with Crippen molar-refractivity contribution in [1.29, 1.82) is 0 Å². The predicted molar refractivity (Wildman–Crippen MR) is 208 cm³/mol. The number of carbonyl (C=O) groups is 2. The second kappa shape index (κ2) is 15.8. The topological polar surface area (TPSA) is 98.8 Å². The Morgan fingerprint density at radius 1 is 1.09 bits per heavy atom. The van der Waals surface area contributed by atoms with Gasteiger partial charge in [0.1, 0.15) is 22.9 Å². The zero-order valence-corrected chi connectivity index (χ0v) is 32.2. The summed E-state index contributed by atoms with van der Waals surface area (Å²) in [6, 6.07) is 13.4. The van der Waals surface area contributed by atoms with Gasteiger partial charge in [0.05, 0.1) is 28.9 Å². The Morgan fingerprint density at radius 3 is 2.58 bits per heavy atom. The number of allylic oxidation sites excluding steroid dienone is 2. The zero-order valence-electron chi connectivity index (χ0n) is 30.7. The van der Waals surface area contributed by atoms with Crippen LogP contribution in [0.2, 0.25) is 5.02 Å². The number of ether oxygens (including phenoxy) is 2. The van der Waals surface area contributed by atoms with E-state index in [-0.39, 0.29) is 30.0 Å². The number of alkyl halides is 1. The number of amides is 1. The van der Waals surface area contributed by atoms with Crippen molar-refractivity contribution in [2.75, 3.05) is 19.0 Å². The van der Waals surface area contributed by atoms with Crippen LogP contribution in [0.15, 0.2) is 60.7 Å². The number of carboxylic acid groups (broad SMARTS) is 1. The minimum absolute atomic E-state index is 0.156. The number of nitrogens with zero attached hydrogens (tertiary/aromatic N) is 4. The second-order valence-corrected chi connectivity index (χ2v) is 15.0. The average Bonchev–Trinajstić information content (AvgIpc) is 3.80. The molecule has 12 heteroatoms. The van der Waals surface area contributed by atoms with Gasteiger partial charge in [-0.2, -0.15) is 5.10 Å². The number of halogens is 3. The lowest BCUT2D eigenvalue weighted by atomic mass is 9.94. The van der Waals surface area contributed by atoms with Gasteiger partial charge in [-0.15, -0.1) is 11.6 Å². The monoisotopic (exact) mass is 762 g/mol. The normalized spacial score (nSPS) is 14.9. The molecule has 5 aromatic rings. The van der Waals surface area contributed by atoms with Crippen molar-refractivity contribution >= 4 is 56.9 Å². The molecule has 1 N–H and O–H groups in total. The highest BCUT2D eigenvalue weighted by Crippen LogP contribution is 2.46. The molecule has 1 saturated heterocycles. The molecule has 6 rings (SSSR count). The van der Waals surface area contributed by atoms with E-state index in [1.807, 2.05) is 75.8 Å². The molecular weight excluding hydrogens is 718 g/mol. The molecule has 0 radical (unpaired) electrons. The van der Waals surface area contributed by atoms with Crippen LogP contribution in [0.1, 0.15) is 80.4 Å². The Kier molecular flexibility index (Phi) is 11.4. The number of fused-ring (bicyclic) bond motifs is 2. The van der Waals surface area contributed by atoms with Crippen LogP contribution in [0.4, 0.5) is 9.18 Å². The molecule has 0 spiro atoms. The molecular formula is C41H45Cl2FN4O5. The standard InChI is InChI=1S/C41H45Cl2FN4O5/c1-6-31-35(36(45-46(31)5)32-14-10-22-47(32)40(51)53-41(2,3)4)34-30(43)19-18-29-28(38(39(49)50)48(37(29)34)21-8-7-20-42)13-11-23-52-33-15-9-12-25-24-26(44)16-17-27(25)33/h7-9,12,15-19,24,32H,6,10-11,13-14,20-23H2,1-5H3,(H,49,50). The van der Waals surface area contributed by atoms with Crippen LogP contribution in [0, 0.1) is 5.82 Å². The Labute approximate surface area is 318 Å². The lowest BCUT2D eigenvalue weighted by molar-refractivity contribution is 0.0221. The fourth-order valence-electron chi connectivity index (χ4n) is 7.52. The van der Waals surface area contributed by atoms with Gasteiger partial charge in [-0.1, -0.05) is 48.9 Å². The molecule has 1 amide bonds. The van der Waals surface area contributed by atoms with E-state index in [1.165, 1.54) is 12.1 Å². The van der Waals surface area contributed by atoms with Crippen molar-refractivity contribution in [3.63, 3.8) is 0 Å². The predicted octanol–water partition coefficient (Wildman–Crippen LogP) is 10.1. The molecule has 280 valence electrons. The quantitative estimate of drug-likeness (QED) is 0.0772. The molecule has 3 aromatic carbocycles. The van der Waals surface area contributed by atoms with Crippen molar-refractivity contribution in [3.8, 4) is 16.9 Å². The van der Waals surface area contributed by atoms with E-state index in [1.54, 1.807) is 21.6 Å². The van der Waals surface area contributed by atoms with Gasteiger partial charge in [-0.25, -0.2) is 14.0 Å². The number of aromatic carboxylic acids is 1. The number of carbonyl (C=O) groups excluding carboxylic acids is 1. The molecule has 1 fully saturated rings. The molecule has 1 aliphatic rings.